The zero-order valence-electron chi connectivity index (χ0n) is 31.5. The minimum absolute atomic E-state index is 0.829. The number of para-hydroxylation sites is 3. The van der Waals surface area contributed by atoms with Gasteiger partial charge in [-0.05, 0) is 112 Å². The molecule has 1 aromatic heterocycles. The van der Waals surface area contributed by atoms with E-state index in [1.54, 1.807) is 0 Å². The molecule has 0 atom stereocenters. The largest absolute Gasteiger partial charge is 0.453 e. The first-order valence-electron chi connectivity index (χ1n) is 19.6. The summed E-state index contributed by atoms with van der Waals surface area (Å²) in [6, 6.07) is 77.9. The number of nitrogens with zero attached hydrogens (tertiary/aromatic N) is 2. The third kappa shape index (κ3) is 5.99. The molecular weight excluding hydrogens is 725 g/mol. The zero-order chi connectivity index (χ0) is 38.4. The summed E-state index contributed by atoms with van der Waals surface area (Å²) in [6.07, 6.45) is 0. The maximum Gasteiger partial charge on any atom is 0.152 e. The monoisotopic (exact) mass is 760 g/mol. The van der Waals surface area contributed by atoms with E-state index in [2.05, 4.69) is 210 Å². The second-order valence-electron chi connectivity index (χ2n) is 14.5. The van der Waals surface area contributed by atoms with Crippen LogP contribution in [0.25, 0.3) is 53.6 Å². The summed E-state index contributed by atoms with van der Waals surface area (Å²) < 4.78 is 9.18. The third-order valence-electron chi connectivity index (χ3n) is 11.1. The fourth-order valence-electron chi connectivity index (χ4n) is 8.24. The lowest BCUT2D eigenvalue weighted by Crippen LogP contribution is -2.15. The van der Waals surface area contributed by atoms with Gasteiger partial charge in [0, 0.05) is 42.9 Å². The molecule has 11 rings (SSSR count). The van der Waals surface area contributed by atoms with E-state index in [9.17, 15) is 0 Å². The van der Waals surface area contributed by atoms with E-state index in [-0.39, 0.29) is 0 Å². The van der Waals surface area contributed by atoms with Gasteiger partial charge in [-0.25, -0.2) is 0 Å². The number of thiophene rings is 1. The van der Waals surface area contributed by atoms with Gasteiger partial charge in [0.2, 0.25) is 0 Å². The number of rotatable bonds is 7. The van der Waals surface area contributed by atoms with Crippen molar-refractivity contribution in [2.24, 2.45) is 0 Å². The van der Waals surface area contributed by atoms with Gasteiger partial charge in [-0.15, -0.1) is 11.3 Å². The lowest BCUT2D eigenvalue weighted by molar-refractivity contribution is 0.477. The van der Waals surface area contributed by atoms with E-state index in [1.807, 2.05) is 29.5 Å². The van der Waals surface area contributed by atoms with Crippen molar-refractivity contribution in [2.75, 3.05) is 9.80 Å². The van der Waals surface area contributed by atoms with Crippen molar-refractivity contribution in [3.8, 4) is 44.9 Å². The summed E-state index contributed by atoms with van der Waals surface area (Å²) in [5, 5.41) is 2.63. The Hall–Kier alpha value is -7.40. The molecule has 0 fully saturated rings. The Labute approximate surface area is 341 Å². The molecule has 0 saturated heterocycles. The molecule has 0 N–H and O–H groups in total. The van der Waals surface area contributed by atoms with Crippen molar-refractivity contribution in [3.63, 3.8) is 0 Å². The number of ether oxygens (including phenoxy) is 1. The van der Waals surface area contributed by atoms with Crippen LogP contribution in [0.2, 0.25) is 0 Å². The van der Waals surface area contributed by atoms with E-state index in [1.165, 1.54) is 42.4 Å². The van der Waals surface area contributed by atoms with E-state index < -0.39 is 0 Å². The Morgan fingerprint density at radius 2 is 0.914 bits per heavy atom. The molecule has 1 aliphatic heterocycles. The SMILES string of the molecule is c1ccc(-c2ccc(N(c3ccc(-c4ccc5c(c4)Oc4ccccc4N5c4ccccc4)cc3)c3ccc(-c4cccc5c4sc4ccccc45)cc3)cc2)cc1. The number of benzene rings is 9. The second-order valence-corrected chi connectivity index (χ2v) is 15.6. The Morgan fingerprint density at radius 3 is 1.64 bits per heavy atom. The van der Waals surface area contributed by atoms with Crippen molar-refractivity contribution in [2.45, 2.75) is 0 Å². The summed E-state index contributed by atoms with van der Waals surface area (Å²) in [5.74, 6) is 1.67. The van der Waals surface area contributed by atoms with Crippen LogP contribution in [-0.2, 0) is 0 Å². The van der Waals surface area contributed by atoms with E-state index in [0.29, 0.717) is 0 Å². The molecule has 0 spiro atoms. The topological polar surface area (TPSA) is 15.7 Å². The molecule has 2 heterocycles. The van der Waals surface area contributed by atoms with Gasteiger partial charge in [0.05, 0.1) is 11.4 Å². The molecule has 0 bridgehead atoms. The van der Waals surface area contributed by atoms with Crippen LogP contribution in [0.4, 0.5) is 34.1 Å². The molecule has 9 aromatic carbocycles. The van der Waals surface area contributed by atoms with Crippen LogP contribution >= 0.6 is 11.3 Å². The molecule has 58 heavy (non-hydrogen) atoms. The van der Waals surface area contributed by atoms with Gasteiger partial charge in [-0.1, -0.05) is 140 Å². The molecule has 0 amide bonds. The van der Waals surface area contributed by atoms with Gasteiger partial charge in [0.1, 0.15) is 0 Å². The van der Waals surface area contributed by atoms with Crippen molar-refractivity contribution in [1.82, 2.24) is 0 Å². The molecule has 3 nitrogen and oxygen atoms in total. The average molecular weight is 761 g/mol. The first kappa shape index (κ1) is 33.9. The van der Waals surface area contributed by atoms with Gasteiger partial charge in [-0.3, -0.25) is 0 Å². The molecule has 1 aliphatic rings. The first-order chi connectivity index (χ1) is 28.7. The lowest BCUT2D eigenvalue weighted by Gasteiger charge is -2.33. The number of fused-ring (bicyclic) bond motifs is 5. The molecule has 0 radical (unpaired) electrons. The van der Waals surface area contributed by atoms with Crippen molar-refractivity contribution >= 4 is 65.6 Å². The normalized spacial score (nSPS) is 11.9. The molecule has 274 valence electrons. The minimum Gasteiger partial charge on any atom is -0.453 e. The van der Waals surface area contributed by atoms with Crippen molar-refractivity contribution < 1.29 is 4.74 Å². The number of anilines is 6. The van der Waals surface area contributed by atoms with Crippen LogP contribution in [0.3, 0.4) is 0 Å². The number of hydrogen-bond acceptors (Lipinski definition) is 4. The molecule has 0 saturated carbocycles. The predicted molar refractivity (Wildman–Crippen MR) is 245 cm³/mol. The van der Waals surface area contributed by atoms with Crippen molar-refractivity contribution in [1.29, 1.82) is 0 Å². The second kappa shape index (κ2) is 14.3. The molecule has 0 unspecified atom stereocenters. The minimum atomic E-state index is 0.829. The Balaban J connectivity index is 0.956. The molecule has 0 aliphatic carbocycles. The Bertz CT molecular complexity index is 3070. The Morgan fingerprint density at radius 1 is 0.379 bits per heavy atom. The van der Waals surface area contributed by atoms with Gasteiger partial charge in [0.15, 0.2) is 11.5 Å². The summed E-state index contributed by atoms with van der Waals surface area (Å²) in [7, 11) is 0. The molecular formula is C54H36N2OS. The fraction of sp³-hybridized carbons (Fsp3) is 0. The predicted octanol–water partition coefficient (Wildman–Crippen LogP) is 16.1. The summed E-state index contributed by atoms with van der Waals surface area (Å²) >= 11 is 1.87. The standard InChI is InChI=1S/C54H36N2OS/c1-3-12-37(13-4-1)38-22-29-43(30-23-38)55(45-33-26-40(27-34-45)46-17-11-18-48-47-16-7-10-21-53(47)58-54(46)48)44-31-24-39(25-32-44)41-28-35-50-52(36-41)57-51-20-9-8-19-49(51)56(50)42-14-5-2-6-15-42/h1-36H. The van der Waals surface area contributed by atoms with Crippen LogP contribution in [0.1, 0.15) is 0 Å². The zero-order valence-corrected chi connectivity index (χ0v) is 32.3. The van der Waals surface area contributed by atoms with E-state index in [4.69, 9.17) is 4.74 Å². The van der Waals surface area contributed by atoms with Crippen LogP contribution in [-0.4, -0.2) is 0 Å². The highest BCUT2D eigenvalue weighted by atomic mass is 32.1. The van der Waals surface area contributed by atoms with Gasteiger partial charge in [0.25, 0.3) is 0 Å². The summed E-state index contributed by atoms with van der Waals surface area (Å²) in [4.78, 5) is 4.61. The van der Waals surface area contributed by atoms with Crippen LogP contribution < -0.4 is 14.5 Å². The van der Waals surface area contributed by atoms with Gasteiger partial charge in [-0.2, -0.15) is 0 Å². The van der Waals surface area contributed by atoms with Gasteiger partial charge >= 0.3 is 0 Å². The highest BCUT2D eigenvalue weighted by Crippen LogP contribution is 2.51. The smallest absolute Gasteiger partial charge is 0.152 e. The Kier molecular flexibility index (Phi) is 8.34. The summed E-state index contributed by atoms with van der Waals surface area (Å²) in [6.45, 7) is 0. The molecule has 10 aromatic rings. The van der Waals surface area contributed by atoms with Crippen LogP contribution in [0.5, 0.6) is 11.5 Å². The quantitative estimate of drug-likeness (QED) is 0.161. The fourth-order valence-corrected chi connectivity index (χ4v) is 9.48. The van der Waals surface area contributed by atoms with E-state index >= 15 is 0 Å². The van der Waals surface area contributed by atoms with Gasteiger partial charge < -0.3 is 14.5 Å². The maximum atomic E-state index is 6.54. The molecule has 4 heteroatoms. The first-order valence-corrected chi connectivity index (χ1v) is 20.4. The average Bonchev–Trinajstić information content (AvgIpc) is 3.69. The van der Waals surface area contributed by atoms with E-state index in [0.717, 1.165) is 56.8 Å². The number of hydrogen-bond donors (Lipinski definition) is 0. The highest BCUT2D eigenvalue weighted by Gasteiger charge is 2.26. The van der Waals surface area contributed by atoms with Crippen molar-refractivity contribution in [3.05, 3.63) is 218 Å². The third-order valence-corrected chi connectivity index (χ3v) is 12.3. The van der Waals surface area contributed by atoms with Crippen LogP contribution in [0.15, 0.2) is 218 Å². The maximum absolute atomic E-state index is 6.54. The highest BCUT2D eigenvalue weighted by molar-refractivity contribution is 7.26. The van der Waals surface area contributed by atoms with Crippen LogP contribution in [0, 0.1) is 0 Å². The lowest BCUT2D eigenvalue weighted by atomic mass is 10.0. The summed E-state index contributed by atoms with van der Waals surface area (Å²) in [5.41, 5.74) is 13.5.